The number of hydrogen-bond acceptors (Lipinski definition) is 5. The maximum atomic E-state index is 13.8. The van der Waals surface area contributed by atoms with Gasteiger partial charge in [-0.15, -0.1) is 11.3 Å². The first-order valence-corrected chi connectivity index (χ1v) is 11.0. The lowest BCUT2D eigenvalue weighted by molar-refractivity contribution is 0.0537. The number of aryl methyl sites for hydroxylation is 2. The molecule has 3 heterocycles. The molecule has 2 amide bonds. The van der Waals surface area contributed by atoms with Crippen LogP contribution in [0.3, 0.4) is 0 Å². The van der Waals surface area contributed by atoms with Gasteiger partial charge in [-0.05, 0) is 43.0 Å². The number of carbonyl (C=O) groups excluding carboxylic acids is 2. The Morgan fingerprint density at radius 2 is 1.72 bits per heavy atom. The van der Waals surface area contributed by atoms with E-state index in [0.29, 0.717) is 42.2 Å². The van der Waals surface area contributed by atoms with Crippen LogP contribution in [0.15, 0.2) is 35.0 Å². The molecule has 29 heavy (non-hydrogen) atoms. The minimum absolute atomic E-state index is 0.0463. The number of carbonyl (C=O) groups is 2. The van der Waals surface area contributed by atoms with E-state index in [0.717, 1.165) is 16.3 Å². The first-order chi connectivity index (χ1) is 13.9. The Kier molecular flexibility index (Phi) is 5.47. The van der Waals surface area contributed by atoms with Crippen LogP contribution in [-0.2, 0) is 0 Å². The topological polar surface area (TPSA) is 53.5 Å². The van der Waals surface area contributed by atoms with E-state index in [-0.39, 0.29) is 17.6 Å². The van der Waals surface area contributed by atoms with Crippen molar-refractivity contribution >= 4 is 34.5 Å². The summed E-state index contributed by atoms with van der Waals surface area (Å²) in [6.45, 7) is 5.27. The highest BCUT2D eigenvalue weighted by atomic mass is 32.1. The van der Waals surface area contributed by atoms with Gasteiger partial charge in [0.25, 0.3) is 11.8 Å². The molecule has 150 valence electrons. The number of rotatable bonds is 3. The largest absolute Gasteiger partial charge is 0.335 e. The fourth-order valence-corrected chi connectivity index (χ4v) is 5.01. The summed E-state index contributed by atoms with van der Waals surface area (Å²) in [5.74, 6) is -0.633. The zero-order chi connectivity index (χ0) is 20.5. The SMILES string of the molecule is Cc1ccc(C(=O)N2CCN(C(=O)c3sc(-c4ccsc4)nc3C)CC2)cc1F. The molecule has 3 aromatic rings. The maximum Gasteiger partial charge on any atom is 0.265 e. The number of halogens is 1. The number of amides is 2. The van der Waals surface area contributed by atoms with Crippen molar-refractivity contribution in [1.82, 2.24) is 14.8 Å². The first-order valence-electron chi connectivity index (χ1n) is 9.28. The lowest BCUT2D eigenvalue weighted by Gasteiger charge is -2.34. The molecule has 1 aliphatic rings. The van der Waals surface area contributed by atoms with Crippen molar-refractivity contribution in [1.29, 1.82) is 0 Å². The van der Waals surface area contributed by atoms with Crippen LogP contribution >= 0.6 is 22.7 Å². The molecule has 0 bridgehead atoms. The van der Waals surface area contributed by atoms with E-state index >= 15 is 0 Å². The number of nitrogens with zero attached hydrogens (tertiary/aromatic N) is 3. The lowest BCUT2D eigenvalue weighted by atomic mass is 10.1. The van der Waals surface area contributed by atoms with E-state index in [4.69, 9.17) is 0 Å². The Hall–Kier alpha value is -2.58. The molecule has 2 aromatic heterocycles. The van der Waals surface area contributed by atoms with Crippen molar-refractivity contribution in [3.8, 4) is 10.6 Å². The maximum absolute atomic E-state index is 13.8. The zero-order valence-electron chi connectivity index (χ0n) is 16.1. The van der Waals surface area contributed by atoms with Gasteiger partial charge in [-0.3, -0.25) is 9.59 Å². The molecule has 0 spiro atoms. The molecule has 1 aromatic carbocycles. The minimum Gasteiger partial charge on any atom is -0.335 e. The lowest BCUT2D eigenvalue weighted by Crippen LogP contribution is -2.50. The van der Waals surface area contributed by atoms with Crippen LogP contribution in [0.5, 0.6) is 0 Å². The van der Waals surface area contributed by atoms with Crippen LogP contribution in [0, 0.1) is 19.7 Å². The first kappa shape index (κ1) is 19.7. The smallest absolute Gasteiger partial charge is 0.265 e. The Morgan fingerprint density at radius 3 is 2.34 bits per heavy atom. The van der Waals surface area contributed by atoms with E-state index in [1.165, 1.54) is 17.4 Å². The summed E-state index contributed by atoms with van der Waals surface area (Å²) in [4.78, 5) is 34.2. The molecule has 0 aliphatic carbocycles. The van der Waals surface area contributed by atoms with Gasteiger partial charge in [-0.25, -0.2) is 9.37 Å². The summed E-state index contributed by atoms with van der Waals surface area (Å²) < 4.78 is 13.8. The van der Waals surface area contributed by atoms with Crippen LogP contribution in [0.25, 0.3) is 10.6 Å². The third-order valence-electron chi connectivity index (χ3n) is 5.03. The number of hydrogen-bond donors (Lipinski definition) is 0. The Labute approximate surface area is 176 Å². The van der Waals surface area contributed by atoms with Crippen molar-refractivity contribution in [2.24, 2.45) is 0 Å². The van der Waals surface area contributed by atoms with Gasteiger partial charge in [0.05, 0.1) is 5.69 Å². The molecular weight excluding hydrogens is 409 g/mol. The average Bonchev–Trinajstić information content (AvgIpc) is 3.39. The van der Waals surface area contributed by atoms with E-state index < -0.39 is 0 Å². The molecule has 1 fully saturated rings. The third kappa shape index (κ3) is 3.95. The molecule has 8 heteroatoms. The van der Waals surface area contributed by atoms with Crippen molar-refractivity contribution < 1.29 is 14.0 Å². The number of benzene rings is 1. The number of thiazole rings is 1. The van der Waals surface area contributed by atoms with Crippen LogP contribution in [0.4, 0.5) is 4.39 Å². The summed E-state index contributed by atoms with van der Waals surface area (Å²) >= 11 is 3.01. The van der Waals surface area contributed by atoms with Gasteiger partial charge in [0.1, 0.15) is 15.7 Å². The van der Waals surface area contributed by atoms with Gasteiger partial charge in [-0.2, -0.15) is 11.3 Å². The van der Waals surface area contributed by atoms with Crippen LogP contribution in [0.2, 0.25) is 0 Å². The Bertz CT molecular complexity index is 1050. The number of aromatic nitrogens is 1. The zero-order valence-corrected chi connectivity index (χ0v) is 17.8. The van der Waals surface area contributed by atoms with Gasteiger partial charge in [0.2, 0.25) is 0 Å². The second kappa shape index (κ2) is 8.04. The molecule has 0 radical (unpaired) electrons. The van der Waals surface area contributed by atoms with Crippen LogP contribution in [0.1, 0.15) is 31.3 Å². The number of thiophene rings is 1. The monoisotopic (exact) mass is 429 g/mol. The molecule has 0 unspecified atom stereocenters. The van der Waals surface area contributed by atoms with Crippen molar-refractivity contribution in [2.75, 3.05) is 26.2 Å². The van der Waals surface area contributed by atoms with E-state index in [9.17, 15) is 14.0 Å². The predicted molar refractivity (Wildman–Crippen MR) is 113 cm³/mol. The summed E-state index contributed by atoms with van der Waals surface area (Å²) in [6.07, 6.45) is 0. The minimum atomic E-state index is -0.383. The van der Waals surface area contributed by atoms with E-state index in [1.54, 1.807) is 40.2 Å². The quantitative estimate of drug-likeness (QED) is 0.626. The Morgan fingerprint density at radius 1 is 1.03 bits per heavy atom. The predicted octanol–water partition coefficient (Wildman–Crippen LogP) is 4.23. The highest BCUT2D eigenvalue weighted by Gasteiger charge is 2.28. The second-order valence-electron chi connectivity index (χ2n) is 6.99. The van der Waals surface area contributed by atoms with Gasteiger partial charge in [0, 0.05) is 42.7 Å². The fourth-order valence-electron chi connectivity index (χ4n) is 3.27. The second-order valence-corrected chi connectivity index (χ2v) is 8.77. The van der Waals surface area contributed by atoms with Crippen LogP contribution in [-0.4, -0.2) is 52.8 Å². The summed E-state index contributed by atoms with van der Waals surface area (Å²) in [7, 11) is 0. The van der Waals surface area contributed by atoms with Crippen molar-refractivity contribution in [2.45, 2.75) is 13.8 Å². The molecule has 5 nitrogen and oxygen atoms in total. The van der Waals surface area contributed by atoms with Crippen molar-refractivity contribution in [3.63, 3.8) is 0 Å². The molecule has 4 rings (SSSR count). The van der Waals surface area contributed by atoms with Gasteiger partial charge in [0.15, 0.2) is 0 Å². The molecule has 1 saturated heterocycles. The van der Waals surface area contributed by atoms with E-state index in [2.05, 4.69) is 4.98 Å². The fraction of sp³-hybridized carbons (Fsp3) is 0.286. The molecular formula is C21H20FN3O2S2. The van der Waals surface area contributed by atoms with Gasteiger partial charge < -0.3 is 9.80 Å². The normalized spacial score (nSPS) is 14.3. The summed E-state index contributed by atoms with van der Waals surface area (Å²) in [5, 5.41) is 4.86. The molecule has 0 atom stereocenters. The summed E-state index contributed by atoms with van der Waals surface area (Å²) in [6, 6.07) is 6.53. The number of piperazine rings is 1. The standard InChI is InChI=1S/C21H20FN3O2S2/c1-13-3-4-15(11-17(13)22)20(26)24-6-8-25(9-7-24)21(27)18-14(2)23-19(29-18)16-5-10-28-12-16/h3-5,10-12H,6-9H2,1-2H3. The summed E-state index contributed by atoms with van der Waals surface area (Å²) in [5.41, 5.74) is 2.61. The molecule has 0 N–H and O–H groups in total. The average molecular weight is 430 g/mol. The molecule has 0 saturated carbocycles. The van der Waals surface area contributed by atoms with E-state index in [1.807, 2.05) is 23.8 Å². The Balaban J connectivity index is 1.42. The third-order valence-corrected chi connectivity index (χ3v) is 6.91. The van der Waals surface area contributed by atoms with Gasteiger partial charge >= 0.3 is 0 Å². The van der Waals surface area contributed by atoms with Crippen LogP contribution < -0.4 is 0 Å². The van der Waals surface area contributed by atoms with Crippen molar-refractivity contribution in [3.05, 3.63) is 62.5 Å². The highest BCUT2D eigenvalue weighted by Crippen LogP contribution is 2.30. The molecule has 1 aliphatic heterocycles. The van der Waals surface area contributed by atoms with Gasteiger partial charge in [-0.1, -0.05) is 6.07 Å². The highest BCUT2D eigenvalue weighted by molar-refractivity contribution is 7.17.